The van der Waals surface area contributed by atoms with E-state index in [0.29, 0.717) is 35.1 Å². The van der Waals surface area contributed by atoms with Gasteiger partial charge >= 0.3 is 0 Å². The number of benzene rings is 6. The highest BCUT2D eigenvalue weighted by Crippen LogP contribution is 2.34. The van der Waals surface area contributed by atoms with Gasteiger partial charge in [-0.25, -0.2) is 29.9 Å². The Kier molecular flexibility index (Phi) is 7.26. The summed E-state index contributed by atoms with van der Waals surface area (Å²) in [5, 5.41) is 0. The van der Waals surface area contributed by atoms with Crippen molar-refractivity contribution in [3.63, 3.8) is 0 Å². The Morgan fingerprint density at radius 3 is 0.889 bits per heavy atom. The zero-order valence-corrected chi connectivity index (χ0v) is 29.5. The maximum atomic E-state index is 6.19. The lowest BCUT2D eigenvalue weighted by Crippen LogP contribution is -2.00. The van der Waals surface area contributed by atoms with Crippen molar-refractivity contribution in [2.24, 2.45) is 0 Å². The van der Waals surface area contributed by atoms with E-state index >= 15 is 0 Å². The van der Waals surface area contributed by atoms with Crippen LogP contribution in [0, 0.1) is 20.8 Å². The van der Waals surface area contributed by atoms with Crippen LogP contribution in [0.25, 0.3) is 102 Å². The molecule has 0 aliphatic heterocycles. The molecular weight excluding hydrogens is 673 g/mol. The molecule has 0 atom stereocenters. The Labute approximate surface area is 309 Å². The first-order valence-corrected chi connectivity index (χ1v) is 17.6. The van der Waals surface area contributed by atoms with Crippen LogP contribution in [0.3, 0.4) is 0 Å². The summed E-state index contributed by atoms with van der Waals surface area (Å²) in [5.41, 5.74) is 12.7. The molecule has 0 amide bonds. The van der Waals surface area contributed by atoms with E-state index in [0.717, 1.165) is 83.4 Å². The van der Waals surface area contributed by atoms with Crippen molar-refractivity contribution >= 4 is 33.3 Å². The third-order valence-electron chi connectivity index (χ3n) is 9.60. The molecule has 0 radical (unpaired) electrons. The molecular formula is C45H30N6O3. The number of hydrogen-bond acceptors (Lipinski definition) is 9. The number of aryl methyl sites for hydroxylation is 3. The van der Waals surface area contributed by atoms with Crippen LogP contribution in [0.15, 0.2) is 141 Å². The van der Waals surface area contributed by atoms with Gasteiger partial charge in [0.25, 0.3) is 0 Å². The van der Waals surface area contributed by atoms with Crippen molar-refractivity contribution in [1.29, 1.82) is 0 Å². The van der Waals surface area contributed by atoms with Gasteiger partial charge in [-0.2, -0.15) is 0 Å². The number of para-hydroxylation sites is 3. The smallest absolute Gasteiger partial charge is 0.227 e. The van der Waals surface area contributed by atoms with Gasteiger partial charge in [0.1, 0.15) is 16.6 Å². The summed E-state index contributed by atoms with van der Waals surface area (Å²) in [5.74, 6) is 3.06. The lowest BCUT2D eigenvalue weighted by atomic mass is 10.1. The summed E-state index contributed by atoms with van der Waals surface area (Å²) in [6.45, 7) is 6.08. The van der Waals surface area contributed by atoms with Crippen LogP contribution in [0.4, 0.5) is 0 Å². The topological polar surface area (TPSA) is 117 Å². The second kappa shape index (κ2) is 12.5. The van der Waals surface area contributed by atoms with E-state index in [1.165, 1.54) is 0 Å². The highest BCUT2D eigenvalue weighted by atomic mass is 16.4. The first kappa shape index (κ1) is 31.5. The SMILES string of the molecule is Cc1cccc2oc(-c3cccc(-c4nc(-c5cccc(-c6nc7c(C)cccc7o6)c5)nc(-c5cccc(-c6nc7c(C)cccc7o6)c5)n4)c3)nc12. The standard InChI is InChI=1S/C45H30N6O3/c1-25-10-4-19-34-37(25)46-43(52-34)31-16-7-13-28(22-31)40-49-41(29-14-8-17-32(23-29)44-47-38-26(2)11-5-20-35(38)53-44)51-42(50-40)30-15-9-18-33(24-30)45-48-39-27(3)12-6-21-36(39)54-45/h4-24H,1-3H3. The molecule has 0 spiro atoms. The average molecular weight is 703 g/mol. The molecule has 9 heteroatoms. The highest BCUT2D eigenvalue weighted by Gasteiger charge is 2.18. The number of rotatable bonds is 6. The molecule has 0 saturated carbocycles. The zero-order chi connectivity index (χ0) is 36.3. The van der Waals surface area contributed by atoms with Crippen LogP contribution in [0.2, 0.25) is 0 Å². The number of oxazole rings is 3. The van der Waals surface area contributed by atoms with E-state index in [-0.39, 0.29) is 0 Å². The van der Waals surface area contributed by atoms with Gasteiger partial charge in [0.2, 0.25) is 17.7 Å². The van der Waals surface area contributed by atoms with Crippen molar-refractivity contribution in [2.75, 3.05) is 0 Å². The Morgan fingerprint density at radius 2 is 0.593 bits per heavy atom. The zero-order valence-electron chi connectivity index (χ0n) is 29.5. The molecule has 258 valence electrons. The maximum Gasteiger partial charge on any atom is 0.227 e. The molecule has 10 aromatic rings. The number of fused-ring (bicyclic) bond motifs is 3. The van der Waals surface area contributed by atoms with Gasteiger partial charge in [0.15, 0.2) is 34.2 Å². The Hall–Kier alpha value is -7.26. The van der Waals surface area contributed by atoms with Gasteiger partial charge in [-0.3, -0.25) is 0 Å². The summed E-state index contributed by atoms with van der Waals surface area (Å²) in [6.07, 6.45) is 0. The van der Waals surface area contributed by atoms with Gasteiger partial charge in [0, 0.05) is 33.4 Å². The Morgan fingerprint density at radius 1 is 0.315 bits per heavy atom. The van der Waals surface area contributed by atoms with Crippen molar-refractivity contribution in [3.8, 4) is 68.5 Å². The van der Waals surface area contributed by atoms with Crippen LogP contribution in [0.5, 0.6) is 0 Å². The molecule has 6 aromatic carbocycles. The molecule has 0 unspecified atom stereocenters. The molecule has 0 fully saturated rings. The molecule has 4 heterocycles. The minimum absolute atomic E-state index is 0.495. The van der Waals surface area contributed by atoms with Gasteiger partial charge in [-0.05, 0) is 92.1 Å². The normalized spacial score (nSPS) is 11.6. The second-order valence-corrected chi connectivity index (χ2v) is 13.4. The number of hydrogen-bond donors (Lipinski definition) is 0. The van der Waals surface area contributed by atoms with E-state index in [4.69, 9.17) is 43.2 Å². The van der Waals surface area contributed by atoms with Crippen molar-refractivity contribution in [3.05, 3.63) is 144 Å². The molecule has 4 aromatic heterocycles. The molecule has 0 bridgehead atoms. The molecule has 9 nitrogen and oxygen atoms in total. The fourth-order valence-electron chi connectivity index (χ4n) is 6.77. The second-order valence-electron chi connectivity index (χ2n) is 13.4. The van der Waals surface area contributed by atoms with Crippen molar-refractivity contribution in [1.82, 2.24) is 29.9 Å². The van der Waals surface area contributed by atoms with Gasteiger partial charge in [-0.15, -0.1) is 0 Å². The lowest BCUT2D eigenvalue weighted by molar-refractivity contribution is 0.619. The van der Waals surface area contributed by atoms with Crippen molar-refractivity contribution < 1.29 is 13.3 Å². The van der Waals surface area contributed by atoms with E-state index in [2.05, 4.69) is 0 Å². The number of aromatic nitrogens is 6. The third kappa shape index (κ3) is 5.50. The first-order valence-electron chi connectivity index (χ1n) is 17.6. The summed E-state index contributed by atoms with van der Waals surface area (Å²) in [7, 11) is 0. The van der Waals surface area contributed by atoms with E-state index in [1.54, 1.807) is 0 Å². The van der Waals surface area contributed by atoms with Crippen LogP contribution in [-0.4, -0.2) is 29.9 Å². The van der Waals surface area contributed by atoms with Gasteiger partial charge in [0.05, 0.1) is 0 Å². The molecule has 10 rings (SSSR count). The molecule has 0 aliphatic rings. The largest absolute Gasteiger partial charge is 0.436 e. The minimum atomic E-state index is 0.495. The van der Waals surface area contributed by atoms with Crippen LogP contribution >= 0.6 is 0 Å². The van der Waals surface area contributed by atoms with Crippen LogP contribution in [0.1, 0.15) is 16.7 Å². The summed E-state index contributed by atoms with van der Waals surface area (Å²) in [4.78, 5) is 29.6. The molecule has 0 N–H and O–H groups in total. The first-order chi connectivity index (χ1) is 26.4. The monoisotopic (exact) mass is 702 g/mol. The number of nitrogens with zero attached hydrogens (tertiary/aromatic N) is 6. The lowest BCUT2D eigenvalue weighted by Gasteiger charge is -2.10. The maximum absolute atomic E-state index is 6.19. The predicted molar refractivity (Wildman–Crippen MR) is 209 cm³/mol. The van der Waals surface area contributed by atoms with Crippen LogP contribution < -0.4 is 0 Å². The summed E-state index contributed by atoms with van der Waals surface area (Å²) in [6, 6.07) is 41.5. The predicted octanol–water partition coefficient (Wildman–Crippen LogP) is 11.2. The Balaban J connectivity index is 1.11. The van der Waals surface area contributed by atoms with Crippen LogP contribution in [-0.2, 0) is 0 Å². The molecule has 54 heavy (non-hydrogen) atoms. The fraction of sp³-hybridized carbons (Fsp3) is 0.0667. The Bertz CT molecular complexity index is 2730. The van der Waals surface area contributed by atoms with E-state index < -0.39 is 0 Å². The third-order valence-corrected chi connectivity index (χ3v) is 9.60. The minimum Gasteiger partial charge on any atom is -0.436 e. The van der Waals surface area contributed by atoms with Gasteiger partial charge in [-0.1, -0.05) is 72.8 Å². The average Bonchev–Trinajstić information content (AvgIpc) is 3.97. The highest BCUT2D eigenvalue weighted by molar-refractivity contribution is 5.83. The van der Waals surface area contributed by atoms with E-state index in [9.17, 15) is 0 Å². The van der Waals surface area contributed by atoms with Crippen molar-refractivity contribution in [2.45, 2.75) is 20.8 Å². The summed E-state index contributed by atoms with van der Waals surface area (Å²) >= 11 is 0. The van der Waals surface area contributed by atoms with Gasteiger partial charge < -0.3 is 13.3 Å². The quantitative estimate of drug-likeness (QED) is 0.167. The fourth-order valence-corrected chi connectivity index (χ4v) is 6.77. The van der Waals surface area contributed by atoms with E-state index in [1.807, 2.05) is 148 Å². The molecule has 0 aliphatic carbocycles. The molecule has 0 saturated heterocycles. The summed E-state index contributed by atoms with van der Waals surface area (Å²) < 4.78 is 18.6.